The summed E-state index contributed by atoms with van der Waals surface area (Å²) in [7, 11) is 0. The van der Waals surface area contributed by atoms with Gasteiger partial charge >= 0.3 is 0 Å². The summed E-state index contributed by atoms with van der Waals surface area (Å²) in [6.07, 6.45) is 0.529. The maximum absolute atomic E-state index is 7.28. The van der Waals surface area contributed by atoms with Crippen LogP contribution in [0.25, 0.3) is 10.8 Å². The number of rotatable bonds is 2. The molecular weight excluding hydrogens is 208 g/mol. The second kappa shape index (κ2) is 4.80. The Morgan fingerprint density at radius 3 is 2.47 bits per heavy atom. The van der Waals surface area contributed by atoms with Gasteiger partial charge in [0.1, 0.15) is 0 Å². The second-order valence-corrected chi connectivity index (χ2v) is 3.34. The minimum atomic E-state index is 0. The monoisotopic (exact) mass is 220 g/mol. The molecule has 78 valence electrons. The van der Waals surface area contributed by atoms with Crippen molar-refractivity contribution in [2.45, 2.75) is 6.42 Å². The van der Waals surface area contributed by atoms with Gasteiger partial charge in [0.25, 0.3) is 0 Å². The molecule has 2 aromatic rings. The second-order valence-electron chi connectivity index (χ2n) is 3.34. The van der Waals surface area contributed by atoms with Crippen molar-refractivity contribution in [1.29, 1.82) is 5.41 Å². The molecule has 0 aromatic heterocycles. The van der Waals surface area contributed by atoms with E-state index in [1.54, 1.807) is 0 Å². The van der Waals surface area contributed by atoms with Gasteiger partial charge in [0.05, 0.1) is 5.84 Å². The topological polar surface area (TPSA) is 49.9 Å². The van der Waals surface area contributed by atoms with Gasteiger partial charge in [-0.05, 0) is 16.3 Å². The van der Waals surface area contributed by atoms with E-state index in [9.17, 15) is 0 Å². The largest absolute Gasteiger partial charge is 0.387 e. The van der Waals surface area contributed by atoms with Crippen molar-refractivity contribution in [3.63, 3.8) is 0 Å². The lowest BCUT2D eigenvalue weighted by Gasteiger charge is -2.04. The zero-order chi connectivity index (χ0) is 9.97. The summed E-state index contributed by atoms with van der Waals surface area (Å²) in [5.74, 6) is 0.210. The number of hydrogen-bond acceptors (Lipinski definition) is 1. The van der Waals surface area contributed by atoms with Crippen molar-refractivity contribution in [1.82, 2.24) is 0 Å². The van der Waals surface area contributed by atoms with E-state index in [-0.39, 0.29) is 18.2 Å². The van der Waals surface area contributed by atoms with Crippen LogP contribution in [0.15, 0.2) is 42.5 Å². The van der Waals surface area contributed by atoms with E-state index >= 15 is 0 Å². The number of amidine groups is 1. The van der Waals surface area contributed by atoms with Gasteiger partial charge in [0.2, 0.25) is 0 Å². The SMILES string of the molecule is Cl.N=C(N)Cc1cccc2ccccc12. The molecule has 15 heavy (non-hydrogen) atoms. The Hall–Kier alpha value is -1.54. The number of nitrogens with two attached hydrogens (primary N) is 1. The van der Waals surface area contributed by atoms with Crippen molar-refractivity contribution in [2.75, 3.05) is 0 Å². The molecule has 3 N–H and O–H groups in total. The van der Waals surface area contributed by atoms with Crippen LogP contribution in [0.2, 0.25) is 0 Å². The lowest BCUT2D eigenvalue weighted by Crippen LogP contribution is -2.12. The van der Waals surface area contributed by atoms with Gasteiger partial charge in [-0.3, -0.25) is 5.41 Å². The van der Waals surface area contributed by atoms with Crippen LogP contribution in [-0.2, 0) is 6.42 Å². The van der Waals surface area contributed by atoms with E-state index in [0.717, 1.165) is 5.56 Å². The van der Waals surface area contributed by atoms with Gasteiger partial charge in [-0.15, -0.1) is 12.4 Å². The third-order valence-corrected chi connectivity index (χ3v) is 2.26. The molecule has 0 saturated heterocycles. The van der Waals surface area contributed by atoms with Gasteiger partial charge in [0.15, 0.2) is 0 Å². The van der Waals surface area contributed by atoms with Crippen LogP contribution in [0.4, 0.5) is 0 Å². The van der Waals surface area contributed by atoms with Gasteiger partial charge in [-0.25, -0.2) is 0 Å². The van der Waals surface area contributed by atoms with Crippen LogP contribution in [0, 0.1) is 5.41 Å². The lowest BCUT2D eigenvalue weighted by molar-refractivity contribution is 1.27. The van der Waals surface area contributed by atoms with Crippen molar-refractivity contribution in [3.8, 4) is 0 Å². The van der Waals surface area contributed by atoms with Crippen LogP contribution < -0.4 is 5.73 Å². The molecule has 2 aromatic carbocycles. The average molecular weight is 221 g/mol. The fraction of sp³-hybridized carbons (Fsp3) is 0.0833. The zero-order valence-electron chi connectivity index (χ0n) is 8.23. The van der Waals surface area contributed by atoms with Crippen LogP contribution in [0.5, 0.6) is 0 Å². The zero-order valence-corrected chi connectivity index (χ0v) is 9.05. The molecule has 2 nitrogen and oxygen atoms in total. The highest BCUT2D eigenvalue weighted by Crippen LogP contribution is 2.18. The molecule has 3 heteroatoms. The van der Waals surface area contributed by atoms with E-state index in [1.807, 2.05) is 24.3 Å². The summed E-state index contributed by atoms with van der Waals surface area (Å²) in [6.45, 7) is 0. The third kappa shape index (κ3) is 2.48. The number of fused-ring (bicyclic) bond motifs is 1. The fourth-order valence-electron chi connectivity index (χ4n) is 1.65. The molecular formula is C12H13ClN2. The predicted molar refractivity (Wildman–Crippen MR) is 66.8 cm³/mol. The molecule has 0 fully saturated rings. The Balaban J connectivity index is 0.00000112. The highest BCUT2D eigenvalue weighted by molar-refractivity contribution is 5.90. The van der Waals surface area contributed by atoms with E-state index in [1.165, 1.54) is 10.8 Å². The van der Waals surface area contributed by atoms with Gasteiger partial charge < -0.3 is 5.73 Å². The number of hydrogen-bond donors (Lipinski definition) is 2. The molecule has 0 aliphatic carbocycles. The average Bonchev–Trinajstić information content (AvgIpc) is 2.18. The van der Waals surface area contributed by atoms with Gasteiger partial charge in [-0.2, -0.15) is 0 Å². The van der Waals surface area contributed by atoms with Crippen molar-refractivity contribution >= 4 is 29.0 Å². The maximum Gasteiger partial charge on any atom is 0.0950 e. The first-order valence-electron chi connectivity index (χ1n) is 4.57. The highest BCUT2D eigenvalue weighted by atomic mass is 35.5. The van der Waals surface area contributed by atoms with Crippen LogP contribution in [0.1, 0.15) is 5.56 Å². The summed E-state index contributed by atoms with van der Waals surface area (Å²) in [5.41, 5.74) is 6.52. The molecule has 0 radical (unpaired) electrons. The minimum absolute atomic E-state index is 0. The van der Waals surface area contributed by atoms with Gasteiger partial charge in [-0.1, -0.05) is 42.5 Å². The van der Waals surface area contributed by atoms with Gasteiger partial charge in [0, 0.05) is 6.42 Å². The molecule has 2 rings (SSSR count). The number of nitrogens with one attached hydrogen (secondary N) is 1. The molecule has 0 spiro atoms. The van der Waals surface area contributed by atoms with E-state index in [0.29, 0.717) is 6.42 Å². The molecule has 0 aliphatic rings. The van der Waals surface area contributed by atoms with E-state index in [4.69, 9.17) is 11.1 Å². The minimum Gasteiger partial charge on any atom is -0.387 e. The summed E-state index contributed by atoms with van der Waals surface area (Å²) in [4.78, 5) is 0. The molecule has 0 bridgehead atoms. The summed E-state index contributed by atoms with van der Waals surface area (Å²) in [6, 6.07) is 14.2. The predicted octanol–water partition coefficient (Wildman–Crippen LogP) is 2.74. The molecule has 0 aliphatic heterocycles. The van der Waals surface area contributed by atoms with Crippen molar-refractivity contribution < 1.29 is 0 Å². The first kappa shape index (κ1) is 11.5. The Morgan fingerprint density at radius 2 is 1.73 bits per heavy atom. The van der Waals surface area contributed by atoms with Crippen LogP contribution in [0.3, 0.4) is 0 Å². The molecule has 0 saturated carbocycles. The third-order valence-electron chi connectivity index (χ3n) is 2.26. The smallest absolute Gasteiger partial charge is 0.0950 e. The first-order chi connectivity index (χ1) is 6.77. The molecule has 0 heterocycles. The fourth-order valence-corrected chi connectivity index (χ4v) is 1.65. The first-order valence-corrected chi connectivity index (χ1v) is 4.57. The Labute approximate surface area is 95.0 Å². The van der Waals surface area contributed by atoms with Crippen LogP contribution >= 0.6 is 12.4 Å². The van der Waals surface area contributed by atoms with Crippen molar-refractivity contribution in [2.24, 2.45) is 5.73 Å². The maximum atomic E-state index is 7.28. The molecule has 0 atom stereocenters. The summed E-state index contributed by atoms with van der Waals surface area (Å²) >= 11 is 0. The summed E-state index contributed by atoms with van der Waals surface area (Å²) in [5, 5.41) is 9.67. The van der Waals surface area contributed by atoms with Crippen LogP contribution in [-0.4, -0.2) is 5.84 Å². The Kier molecular flexibility index (Phi) is 3.69. The lowest BCUT2D eigenvalue weighted by atomic mass is 10.0. The normalized spacial score (nSPS) is 9.60. The Morgan fingerprint density at radius 1 is 1.07 bits per heavy atom. The van der Waals surface area contributed by atoms with E-state index < -0.39 is 0 Å². The number of halogens is 1. The Bertz CT molecular complexity index is 475. The summed E-state index contributed by atoms with van der Waals surface area (Å²) < 4.78 is 0. The standard InChI is InChI=1S/C12H12N2.ClH/c13-12(14)8-10-6-3-5-9-4-1-2-7-11(9)10;/h1-7H,8H2,(H3,13,14);1H. The van der Waals surface area contributed by atoms with Crippen molar-refractivity contribution in [3.05, 3.63) is 48.0 Å². The molecule has 0 unspecified atom stereocenters. The highest BCUT2D eigenvalue weighted by Gasteiger charge is 2.00. The molecule has 0 amide bonds. The van der Waals surface area contributed by atoms with E-state index in [2.05, 4.69) is 18.2 Å². The quantitative estimate of drug-likeness (QED) is 0.594. The number of benzene rings is 2.